The SMILES string of the molecule is CC[NH+](CC)Cn1c(O)c(N=NC(=O)c2ccncc2)c2ccccc21. The zero-order chi connectivity index (χ0) is 18.5. The van der Waals surface area contributed by atoms with Crippen molar-refractivity contribution in [3.63, 3.8) is 0 Å². The van der Waals surface area contributed by atoms with Crippen molar-refractivity contribution in [2.45, 2.75) is 20.5 Å². The van der Waals surface area contributed by atoms with E-state index in [4.69, 9.17) is 0 Å². The van der Waals surface area contributed by atoms with Crippen LogP contribution in [0.5, 0.6) is 5.88 Å². The second-order valence-corrected chi connectivity index (χ2v) is 5.97. The number of fused-ring (bicyclic) bond motifs is 1. The van der Waals surface area contributed by atoms with Crippen LogP contribution in [0.3, 0.4) is 0 Å². The molecule has 26 heavy (non-hydrogen) atoms. The number of nitrogens with one attached hydrogen (secondary N) is 1. The van der Waals surface area contributed by atoms with Gasteiger partial charge in [0.25, 0.3) is 5.91 Å². The van der Waals surface area contributed by atoms with E-state index < -0.39 is 5.91 Å². The quantitative estimate of drug-likeness (QED) is 0.669. The number of aromatic nitrogens is 2. The van der Waals surface area contributed by atoms with E-state index in [-0.39, 0.29) is 5.88 Å². The molecule has 1 aromatic carbocycles. The zero-order valence-electron chi connectivity index (χ0n) is 14.9. The van der Waals surface area contributed by atoms with E-state index in [1.807, 2.05) is 28.8 Å². The largest absolute Gasteiger partial charge is 0.493 e. The lowest BCUT2D eigenvalue weighted by Crippen LogP contribution is -3.10. The number of pyridine rings is 1. The van der Waals surface area contributed by atoms with Crippen LogP contribution in [0.25, 0.3) is 10.9 Å². The Morgan fingerprint density at radius 1 is 1.15 bits per heavy atom. The molecule has 0 radical (unpaired) electrons. The molecule has 0 atom stereocenters. The Labute approximate surface area is 151 Å². The van der Waals surface area contributed by atoms with Gasteiger partial charge in [0.05, 0.1) is 18.6 Å². The fraction of sp³-hybridized carbons (Fsp3) is 0.263. The van der Waals surface area contributed by atoms with Gasteiger partial charge >= 0.3 is 0 Å². The minimum Gasteiger partial charge on any atom is -0.493 e. The summed E-state index contributed by atoms with van der Waals surface area (Å²) in [5.74, 6) is -0.449. The third kappa shape index (κ3) is 3.48. The third-order valence-electron chi connectivity index (χ3n) is 4.47. The van der Waals surface area contributed by atoms with Crippen molar-refractivity contribution < 1.29 is 14.8 Å². The maximum Gasteiger partial charge on any atom is 0.295 e. The van der Waals surface area contributed by atoms with Crippen molar-refractivity contribution in [1.82, 2.24) is 9.55 Å². The summed E-state index contributed by atoms with van der Waals surface area (Å²) in [7, 11) is 0. The highest BCUT2D eigenvalue weighted by molar-refractivity contribution is 5.97. The first kappa shape index (κ1) is 17.8. The van der Waals surface area contributed by atoms with Gasteiger partial charge in [0.2, 0.25) is 5.88 Å². The normalized spacial score (nSPS) is 11.7. The van der Waals surface area contributed by atoms with Gasteiger partial charge in [-0.15, -0.1) is 10.2 Å². The number of quaternary nitrogens is 1. The van der Waals surface area contributed by atoms with Crippen molar-refractivity contribution in [2.24, 2.45) is 10.2 Å². The van der Waals surface area contributed by atoms with Crippen LogP contribution in [0.2, 0.25) is 0 Å². The van der Waals surface area contributed by atoms with Crippen LogP contribution >= 0.6 is 0 Å². The van der Waals surface area contributed by atoms with Gasteiger partial charge in [-0.25, -0.2) is 0 Å². The number of nitrogens with zero attached hydrogens (tertiary/aromatic N) is 4. The van der Waals surface area contributed by atoms with Gasteiger partial charge in [0, 0.05) is 23.3 Å². The number of carbonyl (C=O) groups excluding carboxylic acids is 1. The summed E-state index contributed by atoms with van der Waals surface area (Å²) >= 11 is 0. The fourth-order valence-electron chi connectivity index (χ4n) is 2.88. The number of hydrogen-bond donors (Lipinski definition) is 2. The Hall–Kier alpha value is -3.06. The molecule has 7 nitrogen and oxygen atoms in total. The van der Waals surface area contributed by atoms with E-state index >= 15 is 0 Å². The highest BCUT2D eigenvalue weighted by Gasteiger charge is 2.19. The maximum absolute atomic E-state index is 12.2. The maximum atomic E-state index is 12.2. The predicted octanol–water partition coefficient (Wildman–Crippen LogP) is 2.55. The summed E-state index contributed by atoms with van der Waals surface area (Å²) in [5, 5.41) is 19.3. The predicted molar refractivity (Wildman–Crippen MR) is 98.7 cm³/mol. The molecule has 2 N–H and O–H groups in total. The van der Waals surface area contributed by atoms with Crippen molar-refractivity contribution in [1.29, 1.82) is 0 Å². The molecule has 1 amide bonds. The van der Waals surface area contributed by atoms with E-state index in [0.29, 0.717) is 17.9 Å². The van der Waals surface area contributed by atoms with Crippen LogP contribution in [0.4, 0.5) is 5.69 Å². The number of aromatic hydroxyl groups is 1. The van der Waals surface area contributed by atoms with Gasteiger partial charge in [-0.3, -0.25) is 14.3 Å². The molecule has 0 aliphatic carbocycles. The third-order valence-corrected chi connectivity index (χ3v) is 4.47. The van der Waals surface area contributed by atoms with Crippen molar-refractivity contribution in [3.05, 3.63) is 54.4 Å². The molecular formula is C19H22N5O2+. The summed E-state index contributed by atoms with van der Waals surface area (Å²) in [5.41, 5.74) is 1.59. The van der Waals surface area contributed by atoms with Gasteiger partial charge < -0.3 is 10.0 Å². The summed E-state index contributed by atoms with van der Waals surface area (Å²) in [4.78, 5) is 17.4. The Bertz CT molecular complexity index is 930. The van der Waals surface area contributed by atoms with E-state index in [1.165, 1.54) is 17.3 Å². The van der Waals surface area contributed by atoms with Crippen LogP contribution in [-0.4, -0.2) is 33.7 Å². The first-order chi connectivity index (χ1) is 12.7. The minimum absolute atomic E-state index is 0.0249. The molecule has 0 bridgehead atoms. The van der Waals surface area contributed by atoms with Gasteiger partial charge in [0.15, 0.2) is 12.4 Å². The number of azo groups is 1. The molecule has 0 spiro atoms. The van der Waals surface area contributed by atoms with E-state index in [1.54, 1.807) is 12.1 Å². The molecule has 0 aliphatic rings. The summed E-state index contributed by atoms with van der Waals surface area (Å²) in [6, 6.07) is 10.7. The first-order valence-corrected chi connectivity index (χ1v) is 8.65. The Balaban J connectivity index is 1.99. The summed E-state index contributed by atoms with van der Waals surface area (Å²) in [6.07, 6.45) is 3.05. The molecule has 7 heteroatoms. The second-order valence-electron chi connectivity index (χ2n) is 5.97. The van der Waals surface area contributed by atoms with Gasteiger partial charge in [-0.2, -0.15) is 0 Å². The average Bonchev–Trinajstić information content (AvgIpc) is 2.95. The molecule has 0 saturated heterocycles. The minimum atomic E-state index is -0.474. The van der Waals surface area contributed by atoms with Gasteiger partial charge in [0.1, 0.15) is 0 Å². The molecule has 2 heterocycles. The Morgan fingerprint density at radius 2 is 1.85 bits per heavy atom. The molecule has 0 aliphatic heterocycles. The number of amides is 1. The van der Waals surface area contributed by atoms with E-state index in [0.717, 1.165) is 24.0 Å². The highest BCUT2D eigenvalue weighted by Crippen LogP contribution is 2.38. The topological polar surface area (TPSA) is 84.3 Å². The first-order valence-electron chi connectivity index (χ1n) is 8.65. The van der Waals surface area contributed by atoms with E-state index in [9.17, 15) is 9.90 Å². The summed E-state index contributed by atoms with van der Waals surface area (Å²) < 4.78 is 1.82. The van der Waals surface area contributed by atoms with Gasteiger partial charge in [-0.1, -0.05) is 18.2 Å². The molecule has 3 rings (SSSR count). The average molecular weight is 352 g/mol. The lowest BCUT2D eigenvalue weighted by molar-refractivity contribution is -0.919. The van der Waals surface area contributed by atoms with Crippen LogP contribution in [0, 0.1) is 0 Å². The Morgan fingerprint density at radius 3 is 2.54 bits per heavy atom. The number of carbonyl (C=O) groups is 1. The van der Waals surface area contributed by atoms with Crippen LogP contribution in [0.15, 0.2) is 59.0 Å². The lowest BCUT2D eigenvalue weighted by atomic mass is 10.2. The molecule has 0 unspecified atom stereocenters. The smallest absolute Gasteiger partial charge is 0.295 e. The molecular weight excluding hydrogens is 330 g/mol. The van der Waals surface area contributed by atoms with E-state index in [2.05, 4.69) is 29.1 Å². The molecule has 134 valence electrons. The van der Waals surface area contributed by atoms with Crippen LogP contribution < -0.4 is 4.90 Å². The van der Waals surface area contributed by atoms with Gasteiger partial charge in [-0.05, 0) is 32.0 Å². The van der Waals surface area contributed by atoms with Crippen molar-refractivity contribution in [3.8, 4) is 5.88 Å². The Kier molecular flexibility index (Phi) is 5.38. The van der Waals surface area contributed by atoms with Crippen LogP contribution in [0.1, 0.15) is 24.2 Å². The number of benzene rings is 1. The fourth-order valence-corrected chi connectivity index (χ4v) is 2.88. The highest BCUT2D eigenvalue weighted by atomic mass is 16.3. The second kappa shape index (κ2) is 7.88. The van der Waals surface area contributed by atoms with Crippen molar-refractivity contribution >= 4 is 22.5 Å². The monoisotopic (exact) mass is 352 g/mol. The molecule has 0 fully saturated rings. The standard InChI is InChI=1S/C19H21N5O2/c1-3-23(4-2)13-24-16-8-6-5-7-15(16)17(19(24)26)21-22-18(25)14-9-11-20-12-10-14/h5-12,26H,3-4,13H2,1-2H3/p+1. The molecule has 0 saturated carbocycles. The van der Waals surface area contributed by atoms with Crippen LogP contribution in [-0.2, 0) is 6.67 Å². The zero-order valence-corrected chi connectivity index (χ0v) is 14.9. The molecule has 2 aromatic heterocycles. The molecule has 3 aromatic rings. The number of rotatable bonds is 6. The number of para-hydroxylation sites is 1. The summed E-state index contributed by atoms with van der Waals surface area (Å²) in [6.45, 7) is 6.72. The van der Waals surface area contributed by atoms with Crippen molar-refractivity contribution in [2.75, 3.05) is 13.1 Å². The number of hydrogen-bond acceptors (Lipinski definition) is 4. The lowest BCUT2D eigenvalue weighted by Gasteiger charge is -2.17.